The lowest BCUT2D eigenvalue weighted by Crippen LogP contribution is -2.15. The standard InChI is InChI=1S/C14H13Br2NS/c15-9-4-5-13(11(16)8-9)17-12-2-1-3-14-10(12)6-7-18-14/h4-8,12,17H,1-3H2. The third-order valence-corrected chi connectivity index (χ3v) is 5.46. The van der Waals surface area contributed by atoms with Crippen molar-refractivity contribution in [3.05, 3.63) is 49.0 Å². The molecule has 0 saturated heterocycles. The van der Waals surface area contributed by atoms with Gasteiger partial charge in [0.2, 0.25) is 0 Å². The Balaban J connectivity index is 1.86. The molecule has 94 valence electrons. The van der Waals surface area contributed by atoms with Crippen LogP contribution in [0.2, 0.25) is 0 Å². The first-order valence-electron chi connectivity index (χ1n) is 6.02. The van der Waals surface area contributed by atoms with Crippen LogP contribution in [0.25, 0.3) is 0 Å². The van der Waals surface area contributed by atoms with Crippen molar-refractivity contribution in [1.29, 1.82) is 0 Å². The Morgan fingerprint density at radius 2 is 2.11 bits per heavy atom. The summed E-state index contributed by atoms with van der Waals surface area (Å²) >= 11 is 8.99. The normalized spacial score (nSPS) is 18.4. The molecule has 2 aromatic rings. The van der Waals surface area contributed by atoms with E-state index in [0.29, 0.717) is 6.04 Å². The fraction of sp³-hybridized carbons (Fsp3) is 0.286. The van der Waals surface area contributed by atoms with Crippen LogP contribution in [-0.4, -0.2) is 0 Å². The van der Waals surface area contributed by atoms with E-state index in [9.17, 15) is 0 Å². The number of fused-ring (bicyclic) bond motifs is 1. The van der Waals surface area contributed by atoms with Crippen LogP contribution in [0, 0.1) is 0 Å². The maximum absolute atomic E-state index is 3.66. The highest BCUT2D eigenvalue weighted by atomic mass is 79.9. The molecular weight excluding hydrogens is 374 g/mol. The molecule has 18 heavy (non-hydrogen) atoms. The Kier molecular flexibility index (Phi) is 3.78. The maximum atomic E-state index is 3.66. The Bertz CT molecular complexity index is 565. The molecule has 1 nitrogen and oxygen atoms in total. The van der Waals surface area contributed by atoms with E-state index in [0.717, 1.165) is 8.95 Å². The summed E-state index contributed by atoms with van der Waals surface area (Å²) in [5, 5.41) is 5.87. The van der Waals surface area contributed by atoms with Gasteiger partial charge in [0, 0.05) is 19.5 Å². The second kappa shape index (κ2) is 5.35. The minimum absolute atomic E-state index is 0.456. The first-order chi connectivity index (χ1) is 8.74. The zero-order valence-corrected chi connectivity index (χ0v) is 13.7. The van der Waals surface area contributed by atoms with Gasteiger partial charge in [-0.05, 0) is 70.4 Å². The summed E-state index contributed by atoms with van der Waals surface area (Å²) in [5.41, 5.74) is 2.66. The number of anilines is 1. The van der Waals surface area contributed by atoms with Crippen LogP contribution in [-0.2, 0) is 6.42 Å². The second-order valence-corrected chi connectivity index (χ2v) is 7.28. The molecule has 0 bridgehead atoms. The summed E-state index contributed by atoms with van der Waals surface area (Å²) in [4.78, 5) is 1.55. The molecule has 1 aliphatic rings. The fourth-order valence-corrected chi connectivity index (χ4v) is 4.58. The minimum atomic E-state index is 0.456. The van der Waals surface area contributed by atoms with Gasteiger partial charge in [-0.2, -0.15) is 0 Å². The molecule has 0 aliphatic heterocycles. The Morgan fingerprint density at radius 1 is 1.22 bits per heavy atom. The molecule has 0 spiro atoms. The van der Waals surface area contributed by atoms with Crippen molar-refractivity contribution in [3.8, 4) is 0 Å². The number of benzene rings is 1. The molecule has 1 unspecified atom stereocenters. The van der Waals surface area contributed by atoms with Gasteiger partial charge in [-0.3, -0.25) is 0 Å². The van der Waals surface area contributed by atoms with Gasteiger partial charge < -0.3 is 5.32 Å². The van der Waals surface area contributed by atoms with E-state index in [1.807, 2.05) is 11.3 Å². The van der Waals surface area contributed by atoms with Gasteiger partial charge in [-0.1, -0.05) is 15.9 Å². The van der Waals surface area contributed by atoms with Gasteiger partial charge in [0.1, 0.15) is 0 Å². The molecule has 3 rings (SSSR count). The third-order valence-electron chi connectivity index (χ3n) is 3.31. The molecule has 0 amide bonds. The fourth-order valence-electron chi connectivity index (χ4n) is 2.43. The molecule has 1 aromatic heterocycles. The van der Waals surface area contributed by atoms with E-state index in [2.05, 4.69) is 66.8 Å². The number of halogens is 2. The Morgan fingerprint density at radius 3 is 2.94 bits per heavy atom. The Hall–Kier alpha value is -0.320. The van der Waals surface area contributed by atoms with Gasteiger partial charge in [-0.15, -0.1) is 11.3 Å². The molecule has 4 heteroatoms. The van der Waals surface area contributed by atoms with Gasteiger partial charge >= 0.3 is 0 Å². The van der Waals surface area contributed by atoms with Crippen LogP contribution >= 0.6 is 43.2 Å². The molecule has 0 fully saturated rings. The number of aryl methyl sites for hydroxylation is 1. The second-order valence-electron chi connectivity index (χ2n) is 4.51. The first-order valence-corrected chi connectivity index (χ1v) is 8.48. The minimum Gasteiger partial charge on any atom is -0.377 e. The predicted molar refractivity (Wildman–Crippen MR) is 85.5 cm³/mol. The summed E-state index contributed by atoms with van der Waals surface area (Å²) < 4.78 is 2.21. The molecule has 0 radical (unpaired) electrons. The lowest BCUT2D eigenvalue weighted by atomic mass is 9.94. The van der Waals surface area contributed by atoms with Crippen LogP contribution in [0.1, 0.15) is 29.3 Å². The summed E-state index contributed by atoms with van der Waals surface area (Å²) in [6, 6.07) is 9.00. The van der Waals surface area contributed by atoms with Crippen molar-refractivity contribution in [2.24, 2.45) is 0 Å². The van der Waals surface area contributed by atoms with Crippen molar-refractivity contribution in [2.45, 2.75) is 25.3 Å². The summed E-state index contributed by atoms with van der Waals surface area (Å²) in [5.74, 6) is 0. The number of nitrogens with one attached hydrogen (secondary N) is 1. The lowest BCUT2D eigenvalue weighted by molar-refractivity contribution is 0.608. The van der Waals surface area contributed by atoms with E-state index in [1.165, 1.54) is 30.5 Å². The Labute approximate surface area is 128 Å². The van der Waals surface area contributed by atoms with Gasteiger partial charge in [-0.25, -0.2) is 0 Å². The van der Waals surface area contributed by atoms with E-state index in [4.69, 9.17) is 0 Å². The monoisotopic (exact) mass is 385 g/mol. The van der Waals surface area contributed by atoms with E-state index < -0.39 is 0 Å². The van der Waals surface area contributed by atoms with Crippen molar-refractivity contribution < 1.29 is 0 Å². The number of hydrogen-bond donors (Lipinski definition) is 1. The first kappa shape index (κ1) is 12.7. The summed E-state index contributed by atoms with van der Waals surface area (Å²) in [6.45, 7) is 0. The van der Waals surface area contributed by atoms with Crippen molar-refractivity contribution in [1.82, 2.24) is 0 Å². The van der Waals surface area contributed by atoms with E-state index in [1.54, 1.807) is 4.88 Å². The van der Waals surface area contributed by atoms with Crippen LogP contribution in [0.3, 0.4) is 0 Å². The van der Waals surface area contributed by atoms with Crippen molar-refractivity contribution in [2.75, 3.05) is 5.32 Å². The van der Waals surface area contributed by atoms with E-state index >= 15 is 0 Å². The molecule has 1 aliphatic carbocycles. The molecule has 1 atom stereocenters. The maximum Gasteiger partial charge on any atom is 0.0525 e. The largest absolute Gasteiger partial charge is 0.377 e. The van der Waals surface area contributed by atoms with Crippen LogP contribution in [0.5, 0.6) is 0 Å². The van der Waals surface area contributed by atoms with Crippen molar-refractivity contribution in [3.63, 3.8) is 0 Å². The molecule has 1 N–H and O–H groups in total. The van der Waals surface area contributed by atoms with Gasteiger partial charge in [0.25, 0.3) is 0 Å². The quantitative estimate of drug-likeness (QED) is 0.691. The highest BCUT2D eigenvalue weighted by molar-refractivity contribution is 9.11. The van der Waals surface area contributed by atoms with Gasteiger partial charge in [0.15, 0.2) is 0 Å². The third kappa shape index (κ3) is 2.51. The number of thiophene rings is 1. The molecular formula is C14H13Br2NS. The van der Waals surface area contributed by atoms with E-state index in [-0.39, 0.29) is 0 Å². The zero-order valence-electron chi connectivity index (χ0n) is 9.75. The average molecular weight is 387 g/mol. The van der Waals surface area contributed by atoms with Crippen LogP contribution < -0.4 is 5.32 Å². The average Bonchev–Trinajstić information content (AvgIpc) is 2.82. The lowest BCUT2D eigenvalue weighted by Gasteiger charge is -2.25. The smallest absolute Gasteiger partial charge is 0.0525 e. The highest BCUT2D eigenvalue weighted by Gasteiger charge is 2.21. The number of rotatable bonds is 2. The SMILES string of the molecule is Brc1ccc(NC2CCCc3sccc32)c(Br)c1. The molecule has 1 heterocycles. The molecule has 0 saturated carbocycles. The topological polar surface area (TPSA) is 12.0 Å². The predicted octanol–water partition coefficient (Wildman–Crippen LogP) is 5.76. The molecule has 1 aromatic carbocycles. The summed E-state index contributed by atoms with van der Waals surface area (Å²) in [7, 11) is 0. The van der Waals surface area contributed by atoms with Crippen LogP contribution in [0.4, 0.5) is 5.69 Å². The van der Waals surface area contributed by atoms with Crippen LogP contribution in [0.15, 0.2) is 38.6 Å². The van der Waals surface area contributed by atoms with Gasteiger partial charge in [0.05, 0.1) is 6.04 Å². The summed E-state index contributed by atoms with van der Waals surface area (Å²) in [6.07, 6.45) is 3.73. The highest BCUT2D eigenvalue weighted by Crippen LogP contribution is 2.37. The van der Waals surface area contributed by atoms with Crippen molar-refractivity contribution >= 4 is 48.9 Å². The number of hydrogen-bond acceptors (Lipinski definition) is 2. The zero-order chi connectivity index (χ0) is 12.5.